The Morgan fingerprint density at radius 3 is 2.33 bits per heavy atom. The van der Waals surface area contributed by atoms with Crippen molar-refractivity contribution >= 4 is 0 Å². The van der Waals surface area contributed by atoms with Gasteiger partial charge in [0.2, 0.25) is 0 Å². The van der Waals surface area contributed by atoms with Crippen molar-refractivity contribution in [1.82, 2.24) is 5.32 Å². The maximum absolute atomic E-state index is 5.94. The Morgan fingerprint density at radius 2 is 1.78 bits per heavy atom. The number of hydrogen-bond acceptors (Lipinski definition) is 2. The molecule has 102 valence electrons. The number of nitrogens with one attached hydrogen (secondary N) is 1. The van der Waals surface area contributed by atoms with Crippen molar-refractivity contribution in [3.8, 4) is 0 Å². The quantitative estimate of drug-likeness (QED) is 0.741. The molecule has 1 unspecified atom stereocenters. The summed E-state index contributed by atoms with van der Waals surface area (Å²) >= 11 is 0. The molecule has 0 saturated carbocycles. The third kappa shape index (κ3) is 4.11. The van der Waals surface area contributed by atoms with Crippen molar-refractivity contribution in [3.63, 3.8) is 0 Å². The third-order valence-corrected chi connectivity index (χ3v) is 3.85. The van der Waals surface area contributed by atoms with Crippen LogP contribution in [0.25, 0.3) is 0 Å². The molecule has 1 aromatic carbocycles. The van der Waals surface area contributed by atoms with Crippen molar-refractivity contribution < 1.29 is 0 Å². The topological polar surface area (TPSA) is 38.0 Å². The van der Waals surface area contributed by atoms with Crippen LogP contribution >= 0.6 is 0 Å². The standard InChI is InChI=1S/C16H28N2/c1-4-13(5-2)12-18-16(11-17)15-10-8-7-9-14(15)6-3/h7-10,13,16,18H,4-6,11-12,17H2,1-3H3. The van der Waals surface area contributed by atoms with Crippen LogP contribution in [0.1, 0.15) is 50.8 Å². The van der Waals surface area contributed by atoms with Gasteiger partial charge in [-0.15, -0.1) is 0 Å². The van der Waals surface area contributed by atoms with Crippen molar-refractivity contribution in [2.24, 2.45) is 11.7 Å². The molecule has 0 heterocycles. The number of nitrogens with two attached hydrogens (primary N) is 1. The Kier molecular flexibility index (Phi) is 6.99. The van der Waals surface area contributed by atoms with E-state index in [9.17, 15) is 0 Å². The van der Waals surface area contributed by atoms with Gasteiger partial charge in [-0.25, -0.2) is 0 Å². The summed E-state index contributed by atoms with van der Waals surface area (Å²) < 4.78 is 0. The first-order valence-corrected chi connectivity index (χ1v) is 7.27. The van der Waals surface area contributed by atoms with Crippen LogP contribution in [-0.2, 0) is 6.42 Å². The minimum absolute atomic E-state index is 0.293. The van der Waals surface area contributed by atoms with Gasteiger partial charge in [0.25, 0.3) is 0 Å². The van der Waals surface area contributed by atoms with E-state index < -0.39 is 0 Å². The minimum atomic E-state index is 0.293. The molecule has 0 aliphatic heterocycles. The molecule has 0 amide bonds. The fraction of sp³-hybridized carbons (Fsp3) is 0.625. The molecule has 0 aromatic heterocycles. The predicted octanol–water partition coefficient (Wildman–Crippen LogP) is 3.27. The summed E-state index contributed by atoms with van der Waals surface area (Å²) in [7, 11) is 0. The van der Waals surface area contributed by atoms with Gasteiger partial charge in [0.15, 0.2) is 0 Å². The average molecular weight is 248 g/mol. The molecule has 1 aromatic rings. The van der Waals surface area contributed by atoms with E-state index in [1.807, 2.05) is 0 Å². The lowest BCUT2D eigenvalue weighted by molar-refractivity contribution is 0.413. The maximum atomic E-state index is 5.94. The Labute approximate surface area is 112 Å². The number of hydrogen-bond donors (Lipinski definition) is 2. The first-order chi connectivity index (χ1) is 8.76. The van der Waals surface area contributed by atoms with Crippen molar-refractivity contribution in [3.05, 3.63) is 35.4 Å². The summed E-state index contributed by atoms with van der Waals surface area (Å²) in [6.45, 7) is 8.44. The Morgan fingerprint density at radius 1 is 1.11 bits per heavy atom. The van der Waals surface area contributed by atoms with Gasteiger partial charge in [-0.2, -0.15) is 0 Å². The largest absolute Gasteiger partial charge is 0.329 e. The van der Waals surface area contributed by atoms with Crippen LogP contribution < -0.4 is 11.1 Å². The predicted molar refractivity (Wildman–Crippen MR) is 79.7 cm³/mol. The van der Waals surface area contributed by atoms with Crippen molar-refractivity contribution in [2.75, 3.05) is 13.1 Å². The Hall–Kier alpha value is -0.860. The minimum Gasteiger partial charge on any atom is -0.329 e. The average Bonchev–Trinajstić information content (AvgIpc) is 2.44. The van der Waals surface area contributed by atoms with E-state index in [1.54, 1.807) is 0 Å². The molecule has 1 atom stereocenters. The molecule has 18 heavy (non-hydrogen) atoms. The van der Waals surface area contributed by atoms with Crippen LogP contribution in [0.3, 0.4) is 0 Å². The molecular formula is C16H28N2. The smallest absolute Gasteiger partial charge is 0.0447 e. The second-order valence-electron chi connectivity index (χ2n) is 4.93. The first-order valence-electron chi connectivity index (χ1n) is 7.27. The molecule has 0 radical (unpaired) electrons. The highest BCUT2D eigenvalue weighted by Crippen LogP contribution is 2.18. The second kappa shape index (κ2) is 8.28. The highest BCUT2D eigenvalue weighted by molar-refractivity contribution is 5.30. The van der Waals surface area contributed by atoms with Crippen LogP contribution in [0.5, 0.6) is 0 Å². The summed E-state index contributed by atoms with van der Waals surface area (Å²) in [5.74, 6) is 0.757. The summed E-state index contributed by atoms with van der Waals surface area (Å²) in [4.78, 5) is 0. The van der Waals surface area contributed by atoms with Crippen molar-refractivity contribution in [1.29, 1.82) is 0 Å². The molecule has 0 bridgehead atoms. The maximum Gasteiger partial charge on any atom is 0.0447 e. The second-order valence-corrected chi connectivity index (χ2v) is 4.93. The lowest BCUT2D eigenvalue weighted by Crippen LogP contribution is -2.32. The van der Waals surface area contributed by atoms with E-state index in [2.05, 4.69) is 50.4 Å². The van der Waals surface area contributed by atoms with Gasteiger partial charge in [0.05, 0.1) is 0 Å². The summed E-state index contributed by atoms with van der Waals surface area (Å²) in [6.07, 6.45) is 3.53. The third-order valence-electron chi connectivity index (χ3n) is 3.85. The molecule has 3 N–H and O–H groups in total. The highest BCUT2D eigenvalue weighted by atomic mass is 14.9. The molecule has 0 saturated heterocycles. The van der Waals surface area contributed by atoms with E-state index in [-0.39, 0.29) is 0 Å². The number of benzene rings is 1. The molecular weight excluding hydrogens is 220 g/mol. The van der Waals surface area contributed by atoms with E-state index in [0.29, 0.717) is 12.6 Å². The zero-order chi connectivity index (χ0) is 13.4. The van der Waals surface area contributed by atoms with Gasteiger partial charge in [-0.1, -0.05) is 57.9 Å². The zero-order valence-corrected chi connectivity index (χ0v) is 12.1. The van der Waals surface area contributed by atoms with Gasteiger partial charge >= 0.3 is 0 Å². The molecule has 2 nitrogen and oxygen atoms in total. The number of rotatable bonds is 8. The van der Waals surface area contributed by atoms with Crippen LogP contribution in [-0.4, -0.2) is 13.1 Å². The van der Waals surface area contributed by atoms with Crippen LogP contribution in [0.2, 0.25) is 0 Å². The van der Waals surface area contributed by atoms with Crippen molar-refractivity contribution in [2.45, 2.75) is 46.1 Å². The first kappa shape index (κ1) is 15.2. The molecule has 2 heteroatoms. The van der Waals surface area contributed by atoms with E-state index in [0.717, 1.165) is 18.9 Å². The summed E-state index contributed by atoms with van der Waals surface area (Å²) in [5.41, 5.74) is 8.71. The molecule has 1 rings (SSSR count). The van der Waals surface area contributed by atoms with Crippen LogP contribution in [0.4, 0.5) is 0 Å². The lowest BCUT2D eigenvalue weighted by Gasteiger charge is -2.23. The van der Waals surface area contributed by atoms with E-state index >= 15 is 0 Å². The van der Waals surface area contributed by atoms with Gasteiger partial charge < -0.3 is 11.1 Å². The lowest BCUT2D eigenvalue weighted by atomic mass is 9.97. The zero-order valence-electron chi connectivity index (χ0n) is 12.1. The summed E-state index contributed by atoms with van der Waals surface area (Å²) in [5, 5.41) is 3.64. The molecule has 0 fully saturated rings. The summed E-state index contributed by atoms with van der Waals surface area (Å²) in [6, 6.07) is 8.92. The van der Waals surface area contributed by atoms with Gasteiger partial charge in [0, 0.05) is 12.6 Å². The molecule has 0 spiro atoms. The van der Waals surface area contributed by atoms with E-state index in [1.165, 1.54) is 24.0 Å². The van der Waals surface area contributed by atoms with E-state index in [4.69, 9.17) is 5.73 Å². The number of aryl methyl sites for hydroxylation is 1. The Bertz CT molecular complexity index is 332. The molecule has 0 aliphatic rings. The fourth-order valence-corrected chi connectivity index (χ4v) is 2.40. The van der Waals surface area contributed by atoms with Gasteiger partial charge in [-0.3, -0.25) is 0 Å². The van der Waals surface area contributed by atoms with Crippen LogP contribution in [0.15, 0.2) is 24.3 Å². The fourth-order valence-electron chi connectivity index (χ4n) is 2.40. The van der Waals surface area contributed by atoms with Gasteiger partial charge in [-0.05, 0) is 30.0 Å². The van der Waals surface area contributed by atoms with Gasteiger partial charge in [0.1, 0.15) is 0 Å². The monoisotopic (exact) mass is 248 g/mol. The normalized spacial score (nSPS) is 12.9. The SMILES string of the molecule is CCc1ccccc1C(CN)NCC(CC)CC. The van der Waals surface area contributed by atoms with Crippen LogP contribution in [0, 0.1) is 5.92 Å². The molecule has 0 aliphatic carbocycles. The Balaban J connectivity index is 2.70. The highest BCUT2D eigenvalue weighted by Gasteiger charge is 2.13.